The number of nitrogens with zero attached hydrogens (tertiary/aromatic N) is 1. The first-order valence-corrected chi connectivity index (χ1v) is 8.28. The van der Waals surface area contributed by atoms with Crippen LogP contribution in [0.1, 0.15) is 43.6 Å². The molecule has 0 bridgehead atoms. The average Bonchev–Trinajstić information content (AvgIpc) is 3.17. The SMILES string of the molecule is CCC1NC(c2cccs2)N(C2CCCC2OC)C1=O. The van der Waals surface area contributed by atoms with Crippen molar-refractivity contribution in [2.24, 2.45) is 0 Å². The highest BCUT2D eigenvalue weighted by molar-refractivity contribution is 7.10. The first-order valence-electron chi connectivity index (χ1n) is 7.40. The Morgan fingerprint density at radius 3 is 3.00 bits per heavy atom. The lowest BCUT2D eigenvalue weighted by Gasteiger charge is -2.33. The van der Waals surface area contributed by atoms with E-state index in [9.17, 15) is 4.79 Å². The predicted octanol–water partition coefficient (Wildman–Crippen LogP) is 2.52. The van der Waals surface area contributed by atoms with Crippen LogP contribution in [0.2, 0.25) is 0 Å². The lowest BCUT2D eigenvalue weighted by Crippen LogP contribution is -2.44. The first-order chi connectivity index (χ1) is 9.76. The molecule has 3 rings (SSSR count). The van der Waals surface area contributed by atoms with E-state index in [2.05, 4.69) is 28.6 Å². The number of carbonyl (C=O) groups is 1. The molecule has 1 aromatic rings. The third-order valence-corrected chi connectivity index (χ3v) is 5.41. The maximum absolute atomic E-state index is 12.7. The van der Waals surface area contributed by atoms with E-state index in [0.29, 0.717) is 0 Å². The molecule has 0 radical (unpaired) electrons. The minimum atomic E-state index is -0.0554. The van der Waals surface area contributed by atoms with Crippen LogP contribution in [0.15, 0.2) is 17.5 Å². The van der Waals surface area contributed by atoms with E-state index in [1.807, 2.05) is 6.07 Å². The molecule has 1 aliphatic heterocycles. The second-order valence-electron chi connectivity index (χ2n) is 5.56. The Hall–Kier alpha value is -0.910. The maximum Gasteiger partial charge on any atom is 0.241 e. The van der Waals surface area contributed by atoms with Crippen molar-refractivity contribution in [1.29, 1.82) is 0 Å². The van der Waals surface area contributed by atoms with Gasteiger partial charge in [0.15, 0.2) is 0 Å². The van der Waals surface area contributed by atoms with Gasteiger partial charge < -0.3 is 9.64 Å². The number of hydrogen-bond acceptors (Lipinski definition) is 4. The number of rotatable bonds is 4. The summed E-state index contributed by atoms with van der Waals surface area (Å²) in [6.45, 7) is 2.06. The fraction of sp³-hybridized carbons (Fsp3) is 0.667. The first kappa shape index (κ1) is 14.0. The number of carbonyl (C=O) groups excluding carboxylic acids is 1. The molecule has 1 aliphatic carbocycles. The van der Waals surface area contributed by atoms with Gasteiger partial charge in [0.05, 0.1) is 18.2 Å². The summed E-state index contributed by atoms with van der Waals surface area (Å²) in [5.41, 5.74) is 0. The minimum absolute atomic E-state index is 0.0215. The Morgan fingerprint density at radius 1 is 1.50 bits per heavy atom. The average molecular weight is 294 g/mol. The zero-order valence-corrected chi connectivity index (χ0v) is 12.9. The Bertz CT molecular complexity index is 462. The van der Waals surface area contributed by atoms with Gasteiger partial charge in [0, 0.05) is 12.0 Å². The third-order valence-electron chi connectivity index (χ3n) is 4.49. The van der Waals surface area contributed by atoms with Crippen LogP contribution in [0.4, 0.5) is 0 Å². The summed E-state index contributed by atoms with van der Waals surface area (Å²) in [5, 5.41) is 5.57. The molecular formula is C15H22N2O2S. The number of amides is 1. The van der Waals surface area contributed by atoms with Gasteiger partial charge in [-0.15, -0.1) is 11.3 Å². The van der Waals surface area contributed by atoms with Crippen LogP contribution in [-0.2, 0) is 9.53 Å². The number of methoxy groups -OCH3 is 1. The molecule has 2 fully saturated rings. The van der Waals surface area contributed by atoms with Gasteiger partial charge in [-0.3, -0.25) is 10.1 Å². The molecule has 1 amide bonds. The van der Waals surface area contributed by atoms with Crippen molar-refractivity contribution in [3.05, 3.63) is 22.4 Å². The molecule has 4 unspecified atom stereocenters. The topological polar surface area (TPSA) is 41.6 Å². The van der Waals surface area contributed by atoms with Gasteiger partial charge in [-0.25, -0.2) is 0 Å². The Kier molecular flexibility index (Phi) is 4.10. The summed E-state index contributed by atoms with van der Waals surface area (Å²) in [7, 11) is 1.76. The minimum Gasteiger partial charge on any atom is -0.379 e. The van der Waals surface area contributed by atoms with E-state index in [1.165, 1.54) is 4.88 Å². The molecular weight excluding hydrogens is 272 g/mol. The van der Waals surface area contributed by atoms with Crippen molar-refractivity contribution in [2.75, 3.05) is 7.11 Å². The molecule has 0 aromatic carbocycles. The summed E-state index contributed by atoms with van der Waals surface area (Å²) in [6.07, 6.45) is 4.28. The second-order valence-corrected chi connectivity index (χ2v) is 6.54. The molecule has 2 aliphatic rings. The van der Waals surface area contributed by atoms with E-state index in [-0.39, 0.29) is 30.3 Å². The number of nitrogens with one attached hydrogen (secondary N) is 1. The molecule has 5 heteroatoms. The zero-order valence-electron chi connectivity index (χ0n) is 12.0. The quantitative estimate of drug-likeness (QED) is 0.928. The number of hydrogen-bond donors (Lipinski definition) is 1. The maximum atomic E-state index is 12.7. The lowest BCUT2D eigenvalue weighted by atomic mass is 10.1. The summed E-state index contributed by atoms with van der Waals surface area (Å²) in [6, 6.07) is 4.31. The second kappa shape index (κ2) is 5.84. The van der Waals surface area contributed by atoms with Crippen molar-refractivity contribution < 1.29 is 9.53 Å². The molecule has 4 atom stereocenters. The highest BCUT2D eigenvalue weighted by atomic mass is 32.1. The van der Waals surface area contributed by atoms with Crippen LogP contribution in [-0.4, -0.2) is 36.1 Å². The van der Waals surface area contributed by atoms with Gasteiger partial charge in [0.2, 0.25) is 5.91 Å². The highest BCUT2D eigenvalue weighted by Gasteiger charge is 2.46. The van der Waals surface area contributed by atoms with Crippen molar-refractivity contribution in [2.45, 2.75) is 57.0 Å². The van der Waals surface area contributed by atoms with Crippen molar-refractivity contribution >= 4 is 17.2 Å². The predicted molar refractivity (Wildman–Crippen MR) is 79.6 cm³/mol. The van der Waals surface area contributed by atoms with E-state index in [4.69, 9.17) is 4.74 Å². The van der Waals surface area contributed by atoms with Crippen LogP contribution in [0.3, 0.4) is 0 Å². The lowest BCUT2D eigenvalue weighted by molar-refractivity contribution is -0.134. The van der Waals surface area contributed by atoms with Crippen molar-refractivity contribution in [3.8, 4) is 0 Å². The Morgan fingerprint density at radius 2 is 2.35 bits per heavy atom. The molecule has 1 saturated heterocycles. The fourth-order valence-electron chi connectivity index (χ4n) is 3.46. The van der Waals surface area contributed by atoms with E-state index in [0.717, 1.165) is 25.7 Å². The summed E-state index contributed by atoms with van der Waals surface area (Å²) < 4.78 is 5.60. The van der Waals surface area contributed by atoms with Crippen molar-refractivity contribution in [1.82, 2.24) is 10.2 Å². The normalized spacial score (nSPS) is 34.1. The van der Waals surface area contributed by atoms with Gasteiger partial charge in [-0.05, 0) is 37.1 Å². The van der Waals surface area contributed by atoms with Crippen LogP contribution in [0, 0.1) is 0 Å². The van der Waals surface area contributed by atoms with Gasteiger partial charge >= 0.3 is 0 Å². The van der Waals surface area contributed by atoms with E-state index >= 15 is 0 Å². The van der Waals surface area contributed by atoms with E-state index < -0.39 is 0 Å². The van der Waals surface area contributed by atoms with Crippen LogP contribution < -0.4 is 5.32 Å². The molecule has 1 N–H and O–H groups in total. The Labute approximate surface area is 124 Å². The standard InChI is InChI=1S/C15H22N2O2S/c1-3-10-15(18)17(11-6-4-7-12(11)19-2)14(16-10)13-8-5-9-20-13/h5,8-12,14,16H,3-4,6-7H2,1-2H3. The molecule has 4 nitrogen and oxygen atoms in total. The molecule has 1 aromatic heterocycles. The fourth-order valence-corrected chi connectivity index (χ4v) is 4.24. The largest absolute Gasteiger partial charge is 0.379 e. The zero-order chi connectivity index (χ0) is 14.1. The number of thiophene rings is 1. The Balaban J connectivity index is 1.89. The van der Waals surface area contributed by atoms with Crippen LogP contribution >= 0.6 is 11.3 Å². The number of ether oxygens (including phenoxy) is 1. The monoisotopic (exact) mass is 294 g/mol. The molecule has 110 valence electrons. The third kappa shape index (κ3) is 2.28. The van der Waals surface area contributed by atoms with Crippen LogP contribution in [0.25, 0.3) is 0 Å². The molecule has 0 spiro atoms. The van der Waals surface area contributed by atoms with Gasteiger partial charge in [0.25, 0.3) is 0 Å². The smallest absolute Gasteiger partial charge is 0.241 e. The van der Waals surface area contributed by atoms with Gasteiger partial charge in [0.1, 0.15) is 6.17 Å². The van der Waals surface area contributed by atoms with Crippen molar-refractivity contribution in [3.63, 3.8) is 0 Å². The van der Waals surface area contributed by atoms with Crippen LogP contribution in [0.5, 0.6) is 0 Å². The highest BCUT2D eigenvalue weighted by Crippen LogP contribution is 2.37. The molecule has 2 heterocycles. The van der Waals surface area contributed by atoms with Gasteiger partial charge in [-0.1, -0.05) is 13.0 Å². The summed E-state index contributed by atoms with van der Waals surface area (Å²) in [5.74, 6) is 0.236. The van der Waals surface area contributed by atoms with E-state index in [1.54, 1.807) is 18.4 Å². The molecule has 1 saturated carbocycles. The summed E-state index contributed by atoms with van der Waals surface area (Å²) >= 11 is 1.71. The summed E-state index contributed by atoms with van der Waals surface area (Å²) in [4.78, 5) is 16.0. The molecule has 20 heavy (non-hydrogen) atoms. The van der Waals surface area contributed by atoms with Gasteiger partial charge in [-0.2, -0.15) is 0 Å².